The molecule has 0 amide bonds. The lowest BCUT2D eigenvalue weighted by atomic mass is 9.88. The minimum Gasteiger partial charge on any atom is -0.361 e. The van der Waals surface area contributed by atoms with Crippen molar-refractivity contribution in [1.29, 1.82) is 0 Å². The molecule has 16 heavy (non-hydrogen) atoms. The van der Waals surface area contributed by atoms with Crippen LogP contribution in [0.1, 0.15) is 31.7 Å². The SMILES string of the molecule is C[C@H]1C=C(c2c[nH]c3ccccc23)CCC1. The first-order chi connectivity index (χ1) is 7.84. The zero-order valence-corrected chi connectivity index (χ0v) is 9.66. The minimum absolute atomic E-state index is 0.734. The Balaban J connectivity index is 2.12. The fourth-order valence-electron chi connectivity index (χ4n) is 2.69. The van der Waals surface area contributed by atoms with Gasteiger partial charge in [0.05, 0.1) is 0 Å². The second-order valence-electron chi connectivity index (χ2n) is 4.81. The van der Waals surface area contributed by atoms with E-state index in [-0.39, 0.29) is 0 Å². The van der Waals surface area contributed by atoms with E-state index >= 15 is 0 Å². The van der Waals surface area contributed by atoms with Crippen molar-refractivity contribution < 1.29 is 0 Å². The number of hydrogen-bond acceptors (Lipinski definition) is 0. The lowest BCUT2D eigenvalue weighted by Gasteiger charge is -2.17. The van der Waals surface area contributed by atoms with Gasteiger partial charge in [0.1, 0.15) is 0 Å². The van der Waals surface area contributed by atoms with Gasteiger partial charge in [0.25, 0.3) is 0 Å². The number of nitrogens with one attached hydrogen (secondary N) is 1. The Kier molecular flexibility index (Phi) is 2.32. The van der Waals surface area contributed by atoms with Crippen LogP contribution in [-0.4, -0.2) is 4.98 Å². The molecule has 82 valence electrons. The zero-order valence-electron chi connectivity index (χ0n) is 9.66. The van der Waals surface area contributed by atoms with Crippen LogP contribution in [0, 0.1) is 5.92 Å². The van der Waals surface area contributed by atoms with E-state index in [9.17, 15) is 0 Å². The van der Waals surface area contributed by atoms with Crippen molar-refractivity contribution >= 4 is 16.5 Å². The molecule has 0 saturated heterocycles. The summed E-state index contributed by atoms with van der Waals surface area (Å²) in [7, 11) is 0. The van der Waals surface area contributed by atoms with E-state index in [0.29, 0.717) is 0 Å². The monoisotopic (exact) mass is 211 g/mol. The fraction of sp³-hybridized carbons (Fsp3) is 0.333. The molecule has 1 N–H and O–H groups in total. The van der Waals surface area contributed by atoms with E-state index < -0.39 is 0 Å². The molecule has 2 aromatic rings. The second-order valence-corrected chi connectivity index (χ2v) is 4.81. The van der Waals surface area contributed by atoms with Crippen molar-refractivity contribution in [3.8, 4) is 0 Å². The molecule has 1 heterocycles. The number of hydrogen-bond donors (Lipinski definition) is 1. The number of rotatable bonds is 1. The van der Waals surface area contributed by atoms with Gasteiger partial charge in [0, 0.05) is 22.7 Å². The number of benzene rings is 1. The molecule has 0 radical (unpaired) electrons. The summed E-state index contributed by atoms with van der Waals surface area (Å²) in [6, 6.07) is 8.56. The molecule has 1 aliphatic carbocycles. The third-order valence-corrected chi connectivity index (χ3v) is 3.53. The Morgan fingerprint density at radius 3 is 3.00 bits per heavy atom. The summed E-state index contributed by atoms with van der Waals surface area (Å²) < 4.78 is 0. The van der Waals surface area contributed by atoms with Crippen molar-refractivity contribution in [2.75, 3.05) is 0 Å². The van der Waals surface area contributed by atoms with Gasteiger partial charge in [0.2, 0.25) is 0 Å². The molecule has 3 rings (SSSR count). The summed E-state index contributed by atoms with van der Waals surface area (Å²) in [5.74, 6) is 0.734. The second kappa shape index (κ2) is 3.82. The number of fused-ring (bicyclic) bond motifs is 1. The van der Waals surface area contributed by atoms with Crippen LogP contribution in [0.2, 0.25) is 0 Å². The van der Waals surface area contributed by atoms with Crippen LogP contribution in [0.15, 0.2) is 36.5 Å². The van der Waals surface area contributed by atoms with Gasteiger partial charge in [-0.1, -0.05) is 31.2 Å². The summed E-state index contributed by atoms with van der Waals surface area (Å²) in [6.45, 7) is 2.31. The minimum atomic E-state index is 0.734. The number of H-pyrrole nitrogens is 1. The maximum Gasteiger partial charge on any atom is 0.0460 e. The molecule has 1 atom stereocenters. The maximum atomic E-state index is 3.36. The number of para-hydroxylation sites is 1. The summed E-state index contributed by atoms with van der Waals surface area (Å²) >= 11 is 0. The highest BCUT2D eigenvalue weighted by Crippen LogP contribution is 2.33. The molecule has 0 bridgehead atoms. The molecule has 0 aliphatic heterocycles. The first kappa shape index (κ1) is 9.71. The Labute approximate surface area is 96.2 Å². The molecule has 1 heteroatoms. The molecule has 0 fully saturated rings. The number of aromatic amines is 1. The summed E-state index contributed by atoms with van der Waals surface area (Å²) in [4.78, 5) is 3.36. The van der Waals surface area contributed by atoms with Gasteiger partial charge >= 0.3 is 0 Å². The summed E-state index contributed by atoms with van der Waals surface area (Å²) in [5, 5.41) is 1.36. The van der Waals surface area contributed by atoms with Crippen LogP contribution in [-0.2, 0) is 0 Å². The molecular weight excluding hydrogens is 194 g/mol. The Morgan fingerprint density at radius 2 is 2.12 bits per heavy atom. The van der Waals surface area contributed by atoms with Crippen LogP contribution < -0.4 is 0 Å². The van der Waals surface area contributed by atoms with Gasteiger partial charge in [-0.25, -0.2) is 0 Å². The normalized spacial score (nSPS) is 21.1. The topological polar surface area (TPSA) is 15.8 Å². The first-order valence-electron chi connectivity index (χ1n) is 6.12. The zero-order chi connectivity index (χ0) is 11.0. The fourth-order valence-corrected chi connectivity index (χ4v) is 2.69. The van der Waals surface area contributed by atoms with Crippen molar-refractivity contribution in [3.63, 3.8) is 0 Å². The predicted octanol–water partition coefficient (Wildman–Crippen LogP) is 4.37. The Morgan fingerprint density at radius 1 is 1.25 bits per heavy atom. The van der Waals surface area contributed by atoms with Gasteiger partial charge < -0.3 is 4.98 Å². The Hall–Kier alpha value is -1.50. The smallest absolute Gasteiger partial charge is 0.0460 e. The van der Waals surface area contributed by atoms with Gasteiger partial charge in [-0.05, 0) is 36.8 Å². The van der Waals surface area contributed by atoms with Crippen LogP contribution in [0.25, 0.3) is 16.5 Å². The van der Waals surface area contributed by atoms with E-state index in [1.165, 1.54) is 41.3 Å². The van der Waals surface area contributed by atoms with Crippen molar-refractivity contribution in [1.82, 2.24) is 4.98 Å². The van der Waals surface area contributed by atoms with E-state index in [2.05, 4.69) is 48.4 Å². The third kappa shape index (κ3) is 1.57. The highest BCUT2D eigenvalue weighted by molar-refractivity contribution is 5.92. The quantitative estimate of drug-likeness (QED) is 0.721. The Bertz CT molecular complexity index is 533. The predicted molar refractivity (Wildman–Crippen MR) is 69.3 cm³/mol. The molecule has 1 aromatic carbocycles. The summed E-state index contributed by atoms with van der Waals surface area (Å²) in [6.07, 6.45) is 8.50. The third-order valence-electron chi connectivity index (χ3n) is 3.53. The van der Waals surface area contributed by atoms with Gasteiger partial charge in [-0.15, -0.1) is 0 Å². The van der Waals surface area contributed by atoms with E-state index in [1.807, 2.05) is 0 Å². The largest absolute Gasteiger partial charge is 0.361 e. The molecule has 1 aliphatic rings. The van der Waals surface area contributed by atoms with Crippen LogP contribution in [0.5, 0.6) is 0 Å². The molecule has 1 nitrogen and oxygen atoms in total. The van der Waals surface area contributed by atoms with Gasteiger partial charge in [-0.3, -0.25) is 0 Å². The van der Waals surface area contributed by atoms with Crippen molar-refractivity contribution in [2.24, 2.45) is 5.92 Å². The highest BCUT2D eigenvalue weighted by atomic mass is 14.7. The van der Waals surface area contributed by atoms with Crippen LogP contribution >= 0.6 is 0 Å². The van der Waals surface area contributed by atoms with Crippen molar-refractivity contribution in [2.45, 2.75) is 26.2 Å². The highest BCUT2D eigenvalue weighted by Gasteiger charge is 2.13. The molecule has 1 aromatic heterocycles. The molecular formula is C15H17N. The van der Waals surface area contributed by atoms with E-state index in [0.717, 1.165) is 5.92 Å². The average Bonchev–Trinajstić information content (AvgIpc) is 2.72. The van der Waals surface area contributed by atoms with E-state index in [4.69, 9.17) is 0 Å². The van der Waals surface area contributed by atoms with Crippen LogP contribution in [0.3, 0.4) is 0 Å². The number of aromatic nitrogens is 1. The van der Waals surface area contributed by atoms with Crippen molar-refractivity contribution in [3.05, 3.63) is 42.1 Å². The maximum absolute atomic E-state index is 3.36. The van der Waals surface area contributed by atoms with Gasteiger partial charge in [-0.2, -0.15) is 0 Å². The van der Waals surface area contributed by atoms with Gasteiger partial charge in [0.15, 0.2) is 0 Å². The number of allylic oxidation sites excluding steroid dienone is 2. The first-order valence-corrected chi connectivity index (χ1v) is 6.12. The lowest BCUT2D eigenvalue weighted by molar-refractivity contribution is 0.593. The lowest BCUT2D eigenvalue weighted by Crippen LogP contribution is -1.99. The van der Waals surface area contributed by atoms with E-state index in [1.54, 1.807) is 0 Å². The average molecular weight is 211 g/mol. The molecule has 0 spiro atoms. The molecule has 0 saturated carbocycles. The summed E-state index contributed by atoms with van der Waals surface area (Å²) in [5.41, 5.74) is 4.18. The standard InChI is InChI=1S/C15H17N/c1-11-5-4-6-12(9-11)14-10-16-15-8-3-2-7-13(14)15/h2-3,7-11,16H,4-6H2,1H3/t11-/m1/s1. The molecule has 0 unspecified atom stereocenters. The van der Waals surface area contributed by atoms with Crippen LogP contribution in [0.4, 0.5) is 0 Å².